The van der Waals surface area contributed by atoms with Crippen LogP contribution >= 0.6 is 0 Å². The van der Waals surface area contributed by atoms with Gasteiger partial charge in [-0.2, -0.15) is 0 Å². The number of rotatable bonds is 5. The van der Waals surface area contributed by atoms with E-state index in [1.165, 1.54) is 12.1 Å². The number of carboxylic acid groups (broad SMARTS) is 1. The maximum atomic E-state index is 10.9. The van der Waals surface area contributed by atoms with Crippen molar-refractivity contribution in [1.29, 1.82) is 0 Å². The molecule has 1 aromatic carbocycles. The zero-order valence-corrected chi connectivity index (χ0v) is 13.0. The summed E-state index contributed by atoms with van der Waals surface area (Å²) in [6, 6.07) is 4.62. The van der Waals surface area contributed by atoms with Gasteiger partial charge >= 0.3 is 57.4 Å². The third-order valence-electron chi connectivity index (χ3n) is 2.41. The number of hydrogen-bond acceptors (Lipinski definition) is 2. The van der Waals surface area contributed by atoms with Gasteiger partial charge in [-0.15, -0.1) is 0 Å². The van der Waals surface area contributed by atoms with Crippen LogP contribution in [0.5, 0.6) is 5.75 Å². The molecule has 0 aromatic heterocycles. The van der Waals surface area contributed by atoms with E-state index in [2.05, 4.69) is 6.92 Å². The summed E-state index contributed by atoms with van der Waals surface area (Å²) in [6.07, 6.45) is 3.67. The largest absolute Gasteiger partial charge is 1.00 e. The average molecular weight is 248 g/mol. The SMILES string of the molecule is CCCCCc1c(O)cccc1C(=O)O.[H-].[K+]. The smallest absolute Gasteiger partial charge is 1.00 e. The van der Waals surface area contributed by atoms with Crippen LogP contribution in [0.15, 0.2) is 18.2 Å². The number of phenolic OH excluding ortho intramolecular Hbond substituents is 1. The van der Waals surface area contributed by atoms with Crippen LogP contribution in [0.1, 0.15) is 43.5 Å². The molecule has 0 saturated heterocycles. The third kappa shape index (κ3) is 4.55. The molecule has 2 N–H and O–H groups in total. The molecule has 0 amide bonds. The fraction of sp³-hybridized carbons (Fsp3) is 0.417. The number of hydrogen-bond donors (Lipinski definition) is 2. The van der Waals surface area contributed by atoms with E-state index in [0.717, 1.165) is 19.3 Å². The molecule has 0 unspecified atom stereocenters. The van der Waals surface area contributed by atoms with Crippen LogP contribution in [0.2, 0.25) is 0 Å². The van der Waals surface area contributed by atoms with Crippen LogP contribution in [0.4, 0.5) is 0 Å². The fourth-order valence-electron chi connectivity index (χ4n) is 1.59. The predicted molar refractivity (Wildman–Crippen MR) is 59.4 cm³/mol. The molecule has 84 valence electrons. The summed E-state index contributed by atoms with van der Waals surface area (Å²) in [6.45, 7) is 2.09. The zero-order chi connectivity index (χ0) is 11.3. The molecule has 0 saturated carbocycles. The van der Waals surface area contributed by atoms with Gasteiger partial charge in [0, 0.05) is 5.56 Å². The van der Waals surface area contributed by atoms with Crippen molar-refractivity contribution < 1.29 is 67.8 Å². The summed E-state index contributed by atoms with van der Waals surface area (Å²) in [5, 5.41) is 18.5. The molecule has 0 radical (unpaired) electrons. The van der Waals surface area contributed by atoms with Crippen molar-refractivity contribution in [3.05, 3.63) is 29.3 Å². The number of benzene rings is 1. The topological polar surface area (TPSA) is 57.5 Å². The van der Waals surface area contributed by atoms with Crippen LogP contribution in [0.25, 0.3) is 0 Å². The standard InChI is InChI=1S/C12H16O3.K.H/c1-2-3-4-6-9-10(12(14)15)7-5-8-11(9)13;;/h5,7-8,13H,2-4,6H2,1H3,(H,14,15);;/q;+1;-1. The third-order valence-corrected chi connectivity index (χ3v) is 2.41. The minimum absolute atomic E-state index is 0. The Labute approximate surface area is 140 Å². The Morgan fingerprint density at radius 3 is 2.62 bits per heavy atom. The Hall–Kier alpha value is 0.126. The van der Waals surface area contributed by atoms with E-state index in [0.29, 0.717) is 12.0 Å². The Morgan fingerprint density at radius 2 is 2.06 bits per heavy atom. The minimum atomic E-state index is -0.975. The molecule has 1 aromatic rings. The normalized spacial score (nSPS) is 9.56. The molecule has 0 aliphatic heterocycles. The van der Waals surface area contributed by atoms with Crippen molar-refractivity contribution >= 4 is 5.97 Å². The van der Waals surface area contributed by atoms with E-state index in [9.17, 15) is 9.90 Å². The quantitative estimate of drug-likeness (QED) is 0.567. The van der Waals surface area contributed by atoms with Crippen molar-refractivity contribution in [2.75, 3.05) is 0 Å². The zero-order valence-electron chi connectivity index (χ0n) is 10.9. The molecule has 4 heteroatoms. The van der Waals surface area contributed by atoms with Gasteiger partial charge in [0.1, 0.15) is 5.75 Å². The summed E-state index contributed by atoms with van der Waals surface area (Å²) in [4.78, 5) is 10.9. The van der Waals surface area contributed by atoms with Crippen molar-refractivity contribution in [3.63, 3.8) is 0 Å². The predicted octanol–water partition coefficient (Wildman–Crippen LogP) is -0.0604. The van der Waals surface area contributed by atoms with E-state index in [4.69, 9.17) is 5.11 Å². The first-order valence-electron chi connectivity index (χ1n) is 5.21. The van der Waals surface area contributed by atoms with E-state index in [1.54, 1.807) is 6.07 Å². The summed E-state index contributed by atoms with van der Waals surface area (Å²) < 4.78 is 0. The second-order valence-corrected chi connectivity index (χ2v) is 3.57. The Balaban J connectivity index is 0. The van der Waals surface area contributed by atoms with Gasteiger partial charge in [-0.3, -0.25) is 0 Å². The Kier molecular flexibility index (Phi) is 8.32. The average Bonchev–Trinajstić information content (AvgIpc) is 2.20. The van der Waals surface area contributed by atoms with E-state index >= 15 is 0 Å². The first kappa shape index (κ1) is 16.1. The molecule has 0 aliphatic rings. The molecule has 3 nitrogen and oxygen atoms in total. The minimum Gasteiger partial charge on any atom is -1.00 e. The van der Waals surface area contributed by atoms with Crippen molar-refractivity contribution in [2.45, 2.75) is 32.6 Å². The van der Waals surface area contributed by atoms with Gasteiger partial charge in [-0.25, -0.2) is 4.79 Å². The van der Waals surface area contributed by atoms with Crippen LogP contribution < -0.4 is 51.4 Å². The molecule has 16 heavy (non-hydrogen) atoms. The fourth-order valence-corrected chi connectivity index (χ4v) is 1.59. The van der Waals surface area contributed by atoms with Crippen LogP contribution in [0.3, 0.4) is 0 Å². The van der Waals surface area contributed by atoms with Gasteiger partial charge in [-0.1, -0.05) is 25.8 Å². The van der Waals surface area contributed by atoms with Gasteiger partial charge in [0.25, 0.3) is 0 Å². The van der Waals surface area contributed by atoms with Gasteiger partial charge in [0.2, 0.25) is 0 Å². The first-order valence-corrected chi connectivity index (χ1v) is 5.21. The number of carbonyl (C=O) groups is 1. The molecule has 0 spiro atoms. The monoisotopic (exact) mass is 248 g/mol. The Bertz CT molecular complexity index is 356. The molecule has 0 atom stereocenters. The molecular weight excluding hydrogens is 231 g/mol. The molecule has 0 bridgehead atoms. The van der Waals surface area contributed by atoms with Crippen LogP contribution in [-0.4, -0.2) is 16.2 Å². The molecule has 0 aliphatic carbocycles. The number of unbranched alkanes of at least 4 members (excludes halogenated alkanes) is 2. The van der Waals surface area contributed by atoms with Gasteiger partial charge < -0.3 is 11.6 Å². The summed E-state index contributed by atoms with van der Waals surface area (Å²) in [5.41, 5.74) is 0.768. The number of aromatic hydroxyl groups is 1. The maximum Gasteiger partial charge on any atom is 1.00 e. The van der Waals surface area contributed by atoms with E-state index in [1.807, 2.05) is 0 Å². The first-order chi connectivity index (χ1) is 7.16. The second-order valence-electron chi connectivity index (χ2n) is 3.57. The van der Waals surface area contributed by atoms with E-state index < -0.39 is 5.97 Å². The maximum absolute atomic E-state index is 10.9. The molecular formula is C12H17KO3. The number of phenols is 1. The van der Waals surface area contributed by atoms with Crippen LogP contribution in [-0.2, 0) is 6.42 Å². The number of carboxylic acids is 1. The Morgan fingerprint density at radius 1 is 1.38 bits per heavy atom. The van der Waals surface area contributed by atoms with Gasteiger partial charge in [0.05, 0.1) is 5.56 Å². The van der Waals surface area contributed by atoms with Crippen molar-refractivity contribution in [2.24, 2.45) is 0 Å². The summed E-state index contributed by atoms with van der Waals surface area (Å²) >= 11 is 0. The van der Waals surface area contributed by atoms with Gasteiger partial charge in [0.15, 0.2) is 0 Å². The molecule has 0 heterocycles. The molecule has 0 fully saturated rings. The second kappa shape index (κ2) is 8.25. The summed E-state index contributed by atoms with van der Waals surface area (Å²) in [5.74, 6) is -0.886. The van der Waals surface area contributed by atoms with Crippen molar-refractivity contribution in [3.8, 4) is 5.75 Å². The van der Waals surface area contributed by atoms with Crippen molar-refractivity contribution in [1.82, 2.24) is 0 Å². The molecule has 1 rings (SSSR count). The number of aromatic carboxylic acids is 1. The van der Waals surface area contributed by atoms with Gasteiger partial charge in [-0.05, 0) is 25.0 Å². The summed E-state index contributed by atoms with van der Waals surface area (Å²) in [7, 11) is 0. The van der Waals surface area contributed by atoms with Crippen LogP contribution in [0, 0.1) is 0 Å². The van der Waals surface area contributed by atoms with E-state index in [-0.39, 0.29) is 64.1 Å².